The summed E-state index contributed by atoms with van der Waals surface area (Å²) in [4.78, 5) is 29.8. The van der Waals surface area contributed by atoms with Crippen LogP contribution in [0.25, 0.3) is 0 Å². The van der Waals surface area contributed by atoms with E-state index in [1.54, 1.807) is 54.6 Å². The highest BCUT2D eigenvalue weighted by molar-refractivity contribution is 9.10. The molecule has 8 nitrogen and oxygen atoms in total. The van der Waals surface area contributed by atoms with Gasteiger partial charge in [0.2, 0.25) is 11.8 Å². The molecule has 0 saturated carbocycles. The number of amides is 2. The molecule has 1 N–H and O–H groups in total. The van der Waals surface area contributed by atoms with Crippen LogP contribution in [0, 0.1) is 0 Å². The van der Waals surface area contributed by atoms with Crippen LogP contribution in [0.3, 0.4) is 0 Å². The molecule has 0 bridgehead atoms. The Hall–Kier alpha value is -3.57. The third-order valence-corrected chi connectivity index (χ3v) is 10.2. The average Bonchev–Trinajstić information content (AvgIpc) is 3.03. The van der Waals surface area contributed by atoms with Crippen LogP contribution in [0.4, 0.5) is 5.69 Å². The number of hydrogen-bond acceptors (Lipinski definition) is 5. The van der Waals surface area contributed by atoms with E-state index < -0.39 is 34.4 Å². The molecular weight excluding hydrogens is 725 g/mol. The quantitative estimate of drug-likeness (QED) is 0.144. The number of benzene rings is 4. The maximum atomic E-state index is 14.6. The van der Waals surface area contributed by atoms with E-state index in [9.17, 15) is 18.0 Å². The largest absolute Gasteiger partial charge is 0.494 e. The first-order valence-corrected chi connectivity index (χ1v) is 18.0. The third kappa shape index (κ3) is 9.50. The van der Waals surface area contributed by atoms with Crippen molar-refractivity contribution in [2.45, 2.75) is 50.7 Å². The van der Waals surface area contributed by atoms with Crippen LogP contribution >= 0.6 is 39.1 Å². The molecule has 0 heterocycles. The van der Waals surface area contributed by atoms with Gasteiger partial charge in [0.25, 0.3) is 10.0 Å². The van der Waals surface area contributed by atoms with Gasteiger partial charge in [-0.05, 0) is 87.0 Å². The van der Waals surface area contributed by atoms with E-state index in [2.05, 4.69) is 21.2 Å². The summed E-state index contributed by atoms with van der Waals surface area (Å²) >= 11 is 16.5. The van der Waals surface area contributed by atoms with Gasteiger partial charge in [0.1, 0.15) is 18.3 Å². The van der Waals surface area contributed by atoms with Gasteiger partial charge in [-0.15, -0.1) is 0 Å². The summed E-state index contributed by atoms with van der Waals surface area (Å²) in [5.74, 6) is -0.481. The molecule has 2 amide bonds. The average molecular weight is 762 g/mol. The van der Waals surface area contributed by atoms with E-state index in [0.717, 1.165) is 9.87 Å². The van der Waals surface area contributed by atoms with Crippen LogP contribution in [0.15, 0.2) is 106 Å². The Bertz CT molecular complexity index is 1750. The normalized spacial score (nSPS) is 12.0. The molecule has 0 unspecified atom stereocenters. The van der Waals surface area contributed by atoms with E-state index >= 15 is 0 Å². The lowest BCUT2D eigenvalue weighted by Gasteiger charge is -2.34. The van der Waals surface area contributed by atoms with Crippen LogP contribution in [0.5, 0.6) is 5.75 Å². The molecule has 0 saturated heterocycles. The molecule has 4 rings (SSSR count). The zero-order chi connectivity index (χ0) is 34.1. The minimum atomic E-state index is -4.27. The van der Waals surface area contributed by atoms with Crippen molar-refractivity contribution in [3.05, 3.63) is 123 Å². The SMILES string of the molecule is CCOc1ccc(N(CC(=O)N(Cc2c(Cl)cccc2Cl)[C@H](Cc2ccccc2)C(=O)NC(C)C)S(=O)(=O)c2ccc(Br)cc2)cc1. The van der Waals surface area contributed by atoms with Gasteiger partial charge in [-0.25, -0.2) is 8.42 Å². The number of anilines is 1. The van der Waals surface area contributed by atoms with Crippen molar-refractivity contribution in [2.75, 3.05) is 17.5 Å². The predicted molar refractivity (Wildman–Crippen MR) is 191 cm³/mol. The number of sulfonamides is 1. The number of rotatable bonds is 14. The number of nitrogens with one attached hydrogen (secondary N) is 1. The fourth-order valence-electron chi connectivity index (χ4n) is 4.93. The zero-order valence-electron chi connectivity index (χ0n) is 26.2. The summed E-state index contributed by atoms with van der Waals surface area (Å²) in [6, 6.07) is 25.6. The van der Waals surface area contributed by atoms with Crippen molar-refractivity contribution >= 4 is 66.7 Å². The second-order valence-corrected chi connectivity index (χ2v) is 14.6. The number of carbonyl (C=O) groups is 2. The monoisotopic (exact) mass is 759 g/mol. The van der Waals surface area contributed by atoms with Crippen LogP contribution in [-0.2, 0) is 32.6 Å². The van der Waals surface area contributed by atoms with Gasteiger partial charge in [0.15, 0.2) is 0 Å². The van der Waals surface area contributed by atoms with Crippen molar-refractivity contribution in [3.63, 3.8) is 0 Å². The van der Waals surface area contributed by atoms with Gasteiger partial charge in [-0.1, -0.05) is 75.5 Å². The van der Waals surface area contributed by atoms with E-state index in [0.29, 0.717) is 32.4 Å². The molecule has 0 aromatic heterocycles. The van der Waals surface area contributed by atoms with Crippen molar-refractivity contribution in [1.82, 2.24) is 10.2 Å². The smallest absolute Gasteiger partial charge is 0.264 e. The molecule has 47 heavy (non-hydrogen) atoms. The third-order valence-electron chi connectivity index (χ3n) is 7.21. The Morgan fingerprint density at radius 1 is 0.872 bits per heavy atom. The molecule has 0 fully saturated rings. The first-order valence-electron chi connectivity index (χ1n) is 15.0. The Morgan fingerprint density at radius 2 is 1.49 bits per heavy atom. The van der Waals surface area contributed by atoms with Crippen LogP contribution < -0.4 is 14.4 Å². The molecule has 0 aliphatic carbocycles. The summed E-state index contributed by atoms with van der Waals surface area (Å²) < 4.78 is 35.7. The number of hydrogen-bond donors (Lipinski definition) is 1. The number of nitrogens with zero attached hydrogens (tertiary/aromatic N) is 2. The lowest BCUT2D eigenvalue weighted by Crippen LogP contribution is -2.54. The highest BCUT2D eigenvalue weighted by Crippen LogP contribution is 2.30. The highest BCUT2D eigenvalue weighted by Gasteiger charge is 2.35. The fraction of sp³-hybridized carbons (Fsp3) is 0.257. The molecule has 0 aliphatic heterocycles. The van der Waals surface area contributed by atoms with Gasteiger partial charge in [-0.3, -0.25) is 13.9 Å². The summed E-state index contributed by atoms with van der Waals surface area (Å²) in [6.07, 6.45) is 0.162. The maximum Gasteiger partial charge on any atom is 0.264 e. The second kappa shape index (κ2) is 16.5. The Kier molecular flexibility index (Phi) is 12.7. The Labute approximate surface area is 294 Å². The number of carbonyl (C=O) groups excluding carboxylic acids is 2. The second-order valence-electron chi connectivity index (χ2n) is 11.0. The fourth-order valence-corrected chi connectivity index (χ4v) is 7.12. The van der Waals surface area contributed by atoms with Crippen molar-refractivity contribution in [1.29, 1.82) is 0 Å². The van der Waals surface area contributed by atoms with Crippen LogP contribution in [0.1, 0.15) is 31.9 Å². The first-order chi connectivity index (χ1) is 22.4. The van der Waals surface area contributed by atoms with Gasteiger partial charge in [0, 0.05) is 39.1 Å². The minimum absolute atomic E-state index is 0.0125. The van der Waals surface area contributed by atoms with E-state index in [-0.39, 0.29) is 29.6 Å². The summed E-state index contributed by atoms with van der Waals surface area (Å²) in [5.41, 5.74) is 1.49. The summed E-state index contributed by atoms with van der Waals surface area (Å²) in [7, 11) is -4.27. The van der Waals surface area contributed by atoms with Gasteiger partial charge >= 0.3 is 0 Å². The van der Waals surface area contributed by atoms with Gasteiger partial charge in [-0.2, -0.15) is 0 Å². The summed E-state index contributed by atoms with van der Waals surface area (Å²) in [5, 5.41) is 3.55. The van der Waals surface area contributed by atoms with E-state index in [4.69, 9.17) is 27.9 Å². The van der Waals surface area contributed by atoms with Crippen LogP contribution in [0.2, 0.25) is 10.0 Å². The highest BCUT2D eigenvalue weighted by atomic mass is 79.9. The van der Waals surface area contributed by atoms with E-state index in [1.807, 2.05) is 51.1 Å². The minimum Gasteiger partial charge on any atom is -0.494 e. The molecule has 4 aromatic carbocycles. The first kappa shape index (κ1) is 36.3. The Balaban J connectivity index is 1.84. The topological polar surface area (TPSA) is 96.0 Å². The molecule has 248 valence electrons. The Morgan fingerprint density at radius 3 is 2.06 bits per heavy atom. The molecule has 0 radical (unpaired) electrons. The number of ether oxygens (including phenoxy) is 1. The molecule has 0 spiro atoms. The van der Waals surface area contributed by atoms with Crippen molar-refractivity contribution in [2.24, 2.45) is 0 Å². The molecule has 4 aromatic rings. The predicted octanol–water partition coefficient (Wildman–Crippen LogP) is 7.51. The maximum absolute atomic E-state index is 14.6. The summed E-state index contributed by atoms with van der Waals surface area (Å²) in [6.45, 7) is 5.17. The van der Waals surface area contributed by atoms with Gasteiger partial charge < -0.3 is 15.0 Å². The van der Waals surface area contributed by atoms with Gasteiger partial charge in [0.05, 0.1) is 17.2 Å². The molecular formula is C35H36BrCl2N3O5S. The molecule has 0 aliphatic rings. The standard InChI is InChI=1S/C35H36BrCl2N3O5S/c1-4-46-28-17-15-27(16-18-28)41(47(44,45)29-19-13-26(36)14-20-29)23-34(42)40(22-30-31(37)11-8-12-32(30)38)33(35(43)39-24(2)3)21-25-9-6-5-7-10-25/h5-20,24,33H,4,21-23H2,1-3H3,(H,39,43)/t33-/m1/s1. The van der Waals surface area contributed by atoms with Crippen molar-refractivity contribution < 1.29 is 22.7 Å². The lowest BCUT2D eigenvalue weighted by molar-refractivity contribution is -0.140. The lowest BCUT2D eigenvalue weighted by atomic mass is 10.0. The zero-order valence-corrected chi connectivity index (χ0v) is 30.1. The van der Waals surface area contributed by atoms with Crippen molar-refractivity contribution in [3.8, 4) is 5.75 Å². The molecule has 12 heteroatoms. The molecule has 1 atom stereocenters. The van der Waals surface area contributed by atoms with Crippen LogP contribution in [-0.4, -0.2) is 50.4 Å². The van der Waals surface area contributed by atoms with E-state index in [1.165, 1.54) is 17.0 Å². The number of halogens is 3.